The van der Waals surface area contributed by atoms with E-state index in [0.29, 0.717) is 12.0 Å². The monoisotopic (exact) mass is 571 g/mol. The van der Waals surface area contributed by atoms with Gasteiger partial charge in [0.05, 0.1) is 6.10 Å². The maximum atomic E-state index is 6.12. The van der Waals surface area contributed by atoms with E-state index in [4.69, 9.17) is 4.74 Å². The van der Waals surface area contributed by atoms with Crippen LogP contribution in [0.15, 0.2) is 35.3 Å². The summed E-state index contributed by atoms with van der Waals surface area (Å²) in [5.74, 6) is 1.46. The number of guanidine groups is 1. The average Bonchev–Trinajstić information content (AvgIpc) is 2.81. The number of piperazine rings is 1. The number of halogens is 1. The lowest BCUT2D eigenvalue weighted by atomic mass is 9.78. The number of rotatable bonds is 8. The quantitative estimate of drug-likeness (QED) is 0.212. The zero-order chi connectivity index (χ0) is 22.8. The summed E-state index contributed by atoms with van der Waals surface area (Å²) < 4.78 is 6.12. The molecule has 7 heteroatoms. The van der Waals surface area contributed by atoms with Gasteiger partial charge in [0.2, 0.25) is 0 Å². The Morgan fingerprint density at radius 2 is 1.79 bits per heavy atom. The fourth-order valence-corrected chi connectivity index (χ4v) is 4.99. The Morgan fingerprint density at radius 3 is 2.45 bits per heavy atom. The SMILES string of the molecule is CN=C(NCCCCN1CCN(c2ccccc2)CC1)NCC1CCCOC1C(C)(C)C.I. The zero-order valence-electron chi connectivity index (χ0n) is 21.2. The third kappa shape index (κ3) is 9.25. The Balaban J connectivity index is 0.00000385. The number of para-hydroxylation sites is 1. The number of aliphatic imine (C=N–C) groups is 1. The van der Waals surface area contributed by atoms with Gasteiger partial charge in [-0.1, -0.05) is 39.0 Å². The summed E-state index contributed by atoms with van der Waals surface area (Å²) in [4.78, 5) is 9.52. The first-order valence-corrected chi connectivity index (χ1v) is 12.6. The van der Waals surface area contributed by atoms with Crippen LogP contribution in [0.4, 0.5) is 5.69 Å². The highest BCUT2D eigenvalue weighted by Gasteiger charge is 2.35. The van der Waals surface area contributed by atoms with Crippen molar-refractivity contribution < 1.29 is 4.74 Å². The standard InChI is InChI=1S/C26H45N5O.HI/c1-26(2,3)24-22(11-10-20-32-24)21-29-25(27-4)28-14-8-9-15-30-16-18-31(19-17-30)23-12-6-5-7-13-23;/h5-7,12-13,22,24H,8-11,14-21H2,1-4H3,(H2,27,28,29);1H. The predicted molar refractivity (Wildman–Crippen MR) is 151 cm³/mol. The first-order chi connectivity index (χ1) is 15.5. The number of unbranched alkanes of at least 4 members (excludes halogenated alkanes) is 1. The lowest BCUT2D eigenvalue weighted by Crippen LogP contribution is -2.47. The fraction of sp³-hybridized carbons (Fsp3) is 0.731. The summed E-state index contributed by atoms with van der Waals surface area (Å²) >= 11 is 0. The van der Waals surface area contributed by atoms with E-state index >= 15 is 0 Å². The number of hydrogen-bond donors (Lipinski definition) is 2. The summed E-state index contributed by atoms with van der Waals surface area (Å²) in [6.07, 6.45) is 5.08. The van der Waals surface area contributed by atoms with E-state index in [-0.39, 0.29) is 29.4 Å². The van der Waals surface area contributed by atoms with E-state index in [0.717, 1.165) is 64.7 Å². The number of anilines is 1. The van der Waals surface area contributed by atoms with Crippen LogP contribution in [0.5, 0.6) is 0 Å². The Morgan fingerprint density at radius 1 is 1.06 bits per heavy atom. The second kappa shape index (κ2) is 14.4. The highest BCUT2D eigenvalue weighted by Crippen LogP contribution is 2.33. The van der Waals surface area contributed by atoms with E-state index in [2.05, 4.69) is 76.5 Å². The van der Waals surface area contributed by atoms with Crippen LogP contribution in [-0.2, 0) is 4.74 Å². The van der Waals surface area contributed by atoms with Crippen LogP contribution >= 0.6 is 24.0 Å². The molecule has 0 aliphatic carbocycles. The van der Waals surface area contributed by atoms with Gasteiger partial charge < -0.3 is 20.3 Å². The van der Waals surface area contributed by atoms with E-state index in [1.54, 1.807) is 0 Å². The normalized spacial score (nSPS) is 22.5. The number of nitrogens with zero attached hydrogens (tertiary/aromatic N) is 3. The van der Waals surface area contributed by atoms with Crippen molar-refractivity contribution in [2.45, 2.75) is 52.6 Å². The third-order valence-corrected chi connectivity index (χ3v) is 6.74. The topological polar surface area (TPSA) is 52.1 Å². The molecule has 2 aliphatic rings. The molecule has 2 fully saturated rings. The van der Waals surface area contributed by atoms with Gasteiger partial charge in [-0.05, 0) is 49.8 Å². The minimum Gasteiger partial charge on any atom is -0.377 e. The van der Waals surface area contributed by atoms with Gasteiger partial charge in [0, 0.05) is 64.5 Å². The Bertz CT molecular complexity index is 686. The summed E-state index contributed by atoms with van der Waals surface area (Å²) in [6, 6.07) is 10.8. The summed E-state index contributed by atoms with van der Waals surface area (Å²) in [7, 11) is 1.86. The molecule has 2 heterocycles. The molecule has 2 unspecified atom stereocenters. The van der Waals surface area contributed by atoms with Crippen molar-refractivity contribution in [1.82, 2.24) is 15.5 Å². The van der Waals surface area contributed by atoms with Gasteiger partial charge in [0.15, 0.2) is 5.96 Å². The lowest BCUT2D eigenvalue weighted by Gasteiger charge is -2.40. The van der Waals surface area contributed by atoms with Gasteiger partial charge in [-0.15, -0.1) is 24.0 Å². The van der Waals surface area contributed by atoms with Crippen LogP contribution in [0.25, 0.3) is 0 Å². The van der Waals surface area contributed by atoms with E-state index < -0.39 is 0 Å². The Hall–Kier alpha value is -1.06. The van der Waals surface area contributed by atoms with Crippen molar-refractivity contribution in [1.29, 1.82) is 0 Å². The summed E-state index contributed by atoms with van der Waals surface area (Å²) in [5.41, 5.74) is 1.53. The van der Waals surface area contributed by atoms with Crippen LogP contribution in [0.3, 0.4) is 0 Å². The van der Waals surface area contributed by atoms with Gasteiger partial charge >= 0.3 is 0 Å². The third-order valence-electron chi connectivity index (χ3n) is 6.74. The molecule has 33 heavy (non-hydrogen) atoms. The number of hydrogen-bond acceptors (Lipinski definition) is 4. The lowest BCUT2D eigenvalue weighted by molar-refractivity contribution is -0.0835. The second-order valence-corrected chi connectivity index (χ2v) is 10.3. The molecule has 0 radical (unpaired) electrons. The minimum atomic E-state index is 0. The predicted octanol–water partition coefficient (Wildman–Crippen LogP) is 4.21. The van der Waals surface area contributed by atoms with Crippen LogP contribution < -0.4 is 15.5 Å². The molecule has 0 spiro atoms. The van der Waals surface area contributed by atoms with Crippen molar-refractivity contribution in [3.05, 3.63) is 30.3 Å². The molecule has 3 rings (SSSR count). The Kier molecular flexibility index (Phi) is 12.3. The molecule has 0 aromatic heterocycles. The minimum absolute atomic E-state index is 0. The average molecular weight is 572 g/mol. The smallest absolute Gasteiger partial charge is 0.190 e. The number of ether oxygens (including phenoxy) is 1. The van der Waals surface area contributed by atoms with E-state index in [1.807, 2.05) is 7.05 Å². The Labute approximate surface area is 218 Å². The highest BCUT2D eigenvalue weighted by atomic mass is 127. The highest BCUT2D eigenvalue weighted by molar-refractivity contribution is 14.0. The molecule has 0 bridgehead atoms. The maximum absolute atomic E-state index is 6.12. The van der Waals surface area contributed by atoms with Gasteiger partial charge in [-0.2, -0.15) is 0 Å². The number of nitrogens with one attached hydrogen (secondary N) is 2. The maximum Gasteiger partial charge on any atom is 0.190 e. The molecule has 2 N–H and O–H groups in total. The van der Waals surface area contributed by atoms with Crippen molar-refractivity contribution in [3.8, 4) is 0 Å². The first kappa shape index (κ1) is 28.2. The van der Waals surface area contributed by atoms with Crippen LogP contribution in [0.2, 0.25) is 0 Å². The fourth-order valence-electron chi connectivity index (χ4n) is 4.99. The van der Waals surface area contributed by atoms with Gasteiger partial charge in [0.25, 0.3) is 0 Å². The van der Waals surface area contributed by atoms with Crippen molar-refractivity contribution >= 4 is 35.6 Å². The molecule has 6 nitrogen and oxygen atoms in total. The summed E-state index contributed by atoms with van der Waals surface area (Å²) in [6.45, 7) is 15.4. The van der Waals surface area contributed by atoms with E-state index in [1.165, 1.54) is 25.1 Å². The molecule has 2 atom stereocenters. The number of benzene rings is 1. The molecule has 1 aromatic carbocycles. The van der Waals surface area contributed by atoms with Crippen molar-refractivity contribution in [3.63, 3.8) is 0 Å². The zero-order valence-corrected chi connectivity index (χ0v) is 23.5. The second-order valence-electron chi connectivity index (χ2n) is 10.3. The molecule has 2 aliphatic heterocycles. The largest absolute Gasteiger partial charge is 0.377 e. The van der Waals surface area contributed by atoms with E-state index in [9.17, 15) is 0 Å². The van der Waals surface area contributed by atoms with Crippen molar-refractivity contribution in [2.75, 3.05) is 64.4 Å². The van der Waals surface area contributed by atoms with Gasteiger partial charge in [-0.3, -0.25) is 9.89 Å². The molecular formula is C26H46IN5O. The van der Waals surface area contributed by atoms with Gasteiger partial charge in [-0.25, -0.2) is 0 Å². The molecule has 1 aromatic rings. The molecule has 188 valence electrons. The van der Waals surface area contributed by atoms with Crippen LogP contribution in [0.1, 0.15) is 46.5 Å². The van der Waals surface area contributed by atoms with Crippen LogP contribution in [-0.4, -0.2) is 76.4 Å². The van der Waals surface area contributed by atoms with Crippen LogP contribution in [0, 0.1) is 11.3 Å². The molecule has 2 saturated heterocycles. The first-order valence-electron chi connectivity index (χ1n) is 12.6. The molecular weight excluding hydrogens is 525 g/mol. The summed E-state index contributed by atoms with van der Waals surface area (Å²) in [5, 5.41) is 7.05. The molecule has 0 saturated carbocycles. The van der Waals surface area contributed by atoms with Gasteiger partial charge in [0.1, 0.15) is 0 Å². The molecule has 0 amide bonds. The van der Waals surface area contributed by atoms with Crippen molar-refractivity contribution in [2.24, 2.45) is 16.3 Å².